The van der Waals surface area contributed by atoms with Crippen LogP contribution in [-0.4, -0.2) is 36.1 Å². The third-order valence-electron chi connectivity index (χ3n) is 3.87. The second kappa shape index (κ2) is 7.68. The molecular weight excluding hydrogens is 326 g/mol. The van der Waals surface area contributed by atoms with Gasteiger partial charge >= 0.3 is 0 Å². The van der Waals surface area contributed by atoms with Crippen LogP contribution in [0.3, 0.4) is 0 Å². The number of fused-ring (bicyclic) bond motifs is 1. The molecular formula is C18H21NO4S. The maximum absolute atomic E-state index is 8.58. The minimum atomic E-state index is -0.652. The lowest BCUT2D eigenvalue weighted by atomic mass is 10.1. The number of hydrogen-bond acceptors (Lipinski definition) is 6. The zero-order valence-electron chi connectivity index (χ0n) is 13.8. The summed E-state index contributed by atoms with van der Waals surface area (Å²) in [7, 11) is 0. The van der Waals surface area contributed by atoms with Crippen LogP contribution in [0.25, 0.3) is 0 Å². The van der Waals surface area contributed by atoms with E-state index in [2.05, 4.69) is 0 Å². The zero-order chi connectivity index (χ0) is 17.0. The van der Waals surface area contributed by atoms with E-state index in [1.165, 1.54) is 11.8 Å². The van der Waals surface area contributed by atoms with Crippen LogP contribution in [0.15, 0.2) is 42.5 Å². The van der Waals surface area contributed by atoms with Crippen LogP contribution in [-0.2, 0) is 25.6 Å². The van der Waals surface area contributed by atoms with Crippen LogP contribution >= 0.6 is 11.8 Å². The summed E-state index contributed by atoms with van der Waals surface area (Å²) in [5.41, 5.74) is 1.08. The Morgan fingerprint density at radius 1 is 1.25 bits per heavy atom. The van der Waals surface area contributed by atoms with Crippen molar-refractivity contribution >= 4 is 11.8 Å². The molecule has 2 saturated heterocycles. The molecule has 1 aromatic rings. The molecule has 1 aromatic carbocycles. The van der Waals surface area contributed by atoms with E-state index in [9.17, 15) is 0 Å². The summed E-state index contributed by atoms with van der Waals surface area (Å²) in [5.74, 6) is -0.0332. The zero-order valence-corrected chi connectivity index (χ0v) is 14.6. The van der Waals surface area contributed by atoms with E-state index in [-0.39, 0.29) is 18.3 Å². The van der Waals surface area contributed by atoms with Gasteiger partial charge in [0.25, 0.3) is 0 Å². The molecule has 0 aromatic heterocycles. The smallest absolute Gasteiger partial charge is 0.187 e. The molecule has 2 aliphatic heterocycles. The molecule has 4 atom stereocenters. The van der Waals surface area contributed by atoms with Crippen LogP contribution in [0, 0.1) is 10.7 Å². The number of nitriles is 1. The number of thioether (sulfide) groups is 1. The Kier molecular flexibility index (Phi) is 5.59. The summed E-state index contributed by atoms with van der Waals surface area (Å²) in [4.78, 5) is 0. The normalized spacial score (nSPS) is 31.2. The van der Waals surface area contributed by atoms with Gasteiger partial charge in [-0.15, -0.1) is 0 Å². The lowest BCUT2D eigenvalue weighted by Crippen LogP contribution is -2.31. The highest BCUT2D eigenvalue weighted by Gasteiger charge is 2.55. The fourth-order valence-electron chi connectivity index (χ4n) is 2.91. The average molecular weight is 347 g/mol. The van der Waals surface area contributed by atoms with Crippen LogP contribution in [0.4, 0.5) is 0 Å². The van der Waals surface area contributed by atoms with Gasteiger partial charge in [-0.1, -0.05) is 42.5 Å². The number of thiocyanates is 1. The van der Waals surface area contributed by atoms with Gasteiger partial charge in [-0.3, -0.25) is 0 Å². The van der Waals surface area contributed by atoms with Gasteiger partial charge in [0.2, 0.25) is 0 Å². The van der Waals surface area contributed by atoms with Crippen molar-refractivity contribution in [1.82, 2.24) is 0 Å². The van der Waals surface area contributed by atoms with Gasteiger partial charge in [-0.2, -0.15) is 5.26 Å². The van der Waals surface area contributed by atoms with Gasteiger partial charge in [0.15, 0.2) is 12.1 Å². The highest BCUT2D eigenvalue weighted by molar-refractivity contribution is 8.03. The summed E-state index contributed by atoms with van der Waals surface area (Å²) in [6.45, 7) is 4.25. The van der Waals surface area contributed by atoms with Crippen molar-refractivity contribution in [2.24, 2.45) is 0 Å². The predicted octanol–water partition coefficient (Wildman–Crippen LogP) is 3.22. The second-order valence-electron chi connectivity index (χ2n) is 6.16. The van der Waals surface area contributed by atoms with Gasteiger partial charge in [0.1, 0.15) is 23.7 Å². The molecule has 2 fully saturated rings. The molecule has 6 heteroatoms. The fraction of sp³-hybridized carbons (Fsp3) is 0.500. The Labute approximate surface area is 146 Å². The molecule has 5 nitrogen and oxygen atoms in total. The third-order valence-corrected chi connectivity index (χ3v) is 4.36. The first-order chi connectivity index (χ1) is 11.6. The lowest BCUT2D eigenvalue weighted by Gasteiger charge is -2.23. The Balaban J connectivity index is 1.64. The van der Waals surface area contributed by atoms with E-state index < -0.39 is 12.1 Å². The minimum Gasteiger partial charge on any atom is -0.345 e. The Bertz CT molecular complexity index is 613. The highest BCUT2D eigenvalue weighted by atomic mass is 32.2. The van der Waals surface area contributed by atoms with Crippen molar-refractivity contribution in [3.63, 3.8) is 0 Å². The Morgan fingerprint density at radius 2 is 2.00 bits per heavy atom. The van der Waals surface area contributed by atoms with Gasteiger partial charge in [-0.05, 0) is 31.2 Å². The van der Waals surface area contributed by atoms with E-state index in [1.807, 2.05) is 61.7 Å². The molecule has 0 bridgehead atoms. The molecule has 24 heavy (non-hydrogen) atoms. The van der Waals surface area contributed by atoms with Gasteiger partial charge < -0.3 is 18.9 Å². The molecule has 0 aliphatic carbocycles. The number of nitrogens with zero attached hydrogens (tertiary/aromatic N) is 1. The van der Waals surface area contributed by atoms with E-state index in [4.69, 9.17) is 24.2 Å². The lowest BCUT2D eigenvalue weighted by molar-refractivity contribution is -0.231. The van der Waals surface area contributed by atoms with Crippen LogP contribution in [0.1, 0.15) is 19.4 Å². The highest BCUT2D eigenvalue weighted by Crippen LogP contribution is 2.39. The summed E-state index contributed by atoms with van der Waals surface area (Å²) < 4.78 is 23.9. The molecule has 3 rings (SSSR count). The van der Waals surface area contributed by atoms with Gasteiger partial charge in [0, 0.05) is 5.75 Å². The Morgan fingerprint density at radius 3 is 2.75 bits per heavy atom. The number of ether oxygens (including phenoxy) is 4. The summed E-state index contributed by atoms with van der Waals surface area (Å²) >= 11 is 1.18. The fourth-order valence-corrected chi connectivity index (χ4v) is 3.19. The summed E-state index contributed by atoms with van der Waals surface area (Å²) in [6, 6.07) is 9.96. The van der Waals surface area contributed by atoms with E-state index in [0.717, 1.165) is 5.56 Å². The molecule has 0 unspecified atom stereocenters. The predicted molar refractivity (Wildman–Crippen MR) is 90.9 cm³/mol. The molecule has 2 heterocycles. The molecule has 0 spiro atoms. The number of hydrogen-bond donors (Lipinski definition) is 0. The minimum absolute atomic E-state index is 0.205. The van der Waals surface area contributed by atoms with Crippen LogP contribution in [0.2, 0.25) is 0 Å². The molecule has 2 aliphatic rings. The summed E-state index contributed by atoms with van der Waals surface area (Å²) in [5, 5.41) is 10.6. The van der Waals surface area contributed by atoms with Crippen molar-refractivity contribution in [3.05, 3.63) is 48.0 Å². The maximum Gasteiger partial charge on any atom is 0.187 e. The molecule has 0 amide bonds. The molecule has 0 radical (unpaired) electrons. The van der Waals surface area contributed by atoms with E-state index in [1.54, 1.807) is 0 Å². The monoisotopic (exact) mass is 347 g/mol. The average Bonchev–Trinajstić information content (AvgIpc) is 3.04. The first kappa shape index (κ1) is 17.5. The standard InChI is InChI=1S/C18H21NO4S/c1-18(2)22-15-14(9-6-10-24-12-19)21-17(16(15)23-18)20-11-13-7-4-3-5-8-13/h3-9,14-17H,10-11H2,1-2H3/b9-6+/t14-,15-,16-,17-/m1/s1. The van der Waals surface area contributed by atoms with Crippen molar-refractivity contribution in [3.8, 4) is 5.40 Å². The molecule has 0 N–H and O–H groups in total. The summed E-state index contributed by atoms with van der Waals surface area (Å²) in [6.07, 6.45) is 2.67. The van der Waals surface area contributed by atoms with Crippen LogP contribution in [0.5, 0.6) is 0 Å². The SMILES string of the molecule is CC1(C)O[C@H]2[C@H](OCc3ccccc3)O[C@H](/C=C/CSC#N)[C@H]2O1. The third kappa shape index (κ3) is 4.18. The maximum atomic E-state index is 8.58. The van der Waals surface area contributed by atoms with Crippen LogP contribution < -0.4 is 0 Å². The molecule has 128 valence electrons. The first-order valence-corrected chi connectivity index (χ1v) is 8.92. The Hall–Kier alpha value is -1.36. The topological polar surface area (TPSA) is 60.7 Å². The van der Waals surface area contributed by atoms with E-state index >= 15 is 0 Å². The largest absolute Gasteiger partial charge is 0.345 e. The number of benzene rings is 1. The number of rotatable bonds is 6. The van der Waals surface area contributed by atoms with Gasteiger partial charge in [-0.25, -0.2) is 0 Å². The van der Waals surface area contributed by atoms with Gasteiger partial charge in [0.05, 0.1) is 6.61 Å². The van der Waals surface area contributed by atoms with Crippen molar-refractivity contribution in [2.45, 2.75) is 50.8 Å². The first-order valence-electron chi connectivity index (χ1n) is 7.93. The molecule has 0 saturated carbocycles. The van der Waals surface area contributed by atoms with Crippen molar-refractivity contribution in [1.29, 1.82) is 5.26 Å². The van der Waals surface area contributed by atoms with Crippen molar-refractivity contribution < 1.29 is 18.9 Å². The quantitative estimate of drug-likeness (QED) is 0.447. The second-order valence-corrected chi connectivity index (χ2v) is 6.97. The van der Waals surface area contributed by atoms with Crippen molar-refractivity contribution in [2.75, 3.05) is 5.75 Å². The van der Waals surface area contributed by atoms with E-state index in [0.29, 0.717) is 12.4 Å².